The van der Waals surface area contributed by atoms with E-state index in [9.17, 15) is 0 Å². The van der Waals surface area contributed by atoms with Crippen LogP contribution in [0.25, 0.3) is 0 Å². The van der Waals surface area contributed by atoms with E-state index in [0.29, 0.717) is 0 Å². The zero-order chi connectivity index (χ0) is 12.3. The average Bonchev–Trinajstić information content (AvgIpc) is 2.43. The Kier molecular flexibility index (Phi) is 4.20. The summed E-state index contributed by atoms with van der Waals surface area (Å²) in [7, 11) is 2.13. The zero-order valence-electron chi connectivity index (χ0n) is 11.6. The predicted octanol–water partition coefficient (Wildman–Crippen LogP) is 3.31. The first-order chi connectivity index (χ1) is 7.37. The summed E-state index contributed by atoms with van der Waals surface area (Å²) >= 11 is 0. The molecule has 1 rings (SSSR count). The summed E-state index contributed by atoms with van der Waals surface area (Å²) in [6, 6.07) is 2.28. The van der Waals surface area contributed by atoms with Crippen molar-refractivity contribution in [1.29, 1.82) is 0 Å². The van der Waals surface area contributed by atoms with Gasteiger partial charge in [-0.2, -0.15) is 0 Å². The van der Waals surface area contributed by atoms with E-state index in [4.69, 9.17) is 0 Å². The van der Waals surface area contributed by atoms with Gasteiger partial charge in [0.25, 0.3) is 0 Å². The Morgan fingerprint density at radius 3 is 2.38 bits per heavy atom. The summed E-state index contributed by atoms with van der Waals surface area (Å²) in [4.78, 5) is 0. The maximum Gasteiger partial charge on any atom is 0.0228 e. The maximum absolute atomic E-state index is 3.64. The summed E-state index contributed by atoms with van der Waals surface area (Å²) in [5, 5.41) is 3.64. The number of rotatable bonds is 5. The Morgan fingerprint density at radius 2 is 1.94 bits per heavy atom. The SMILES string of the molecule is CCCC(C)(C)NCc1cc(C)n(C)c1C. The van der Waals surface area contributed by atoms with Crippen molar-refractivity contribution in [2.24, 2.45) is 7.05 Å². The number of aryl methyl sites for hydroxylation is 1. The lowest BCUT2D eigenvalue weighted by atomic mass is 9.98. The summed E-state index contributed by atoms with van der Waals surface area (Å²) in [6.07, 6.45) is 2.45. The van der Waals surface area contributed by atoms with Gasteiger partial charge in [-0.15, -0.1) is 0 Å². The first-order valence-corrected chi connectivity index (χ1v) is 6.24. The van der Waals surface area contributed by atoms with Gasteiger partial charge in [-0.25, -0.2) is 0 Å². The van der Waals surface area contributed by atoms with Crippen LogP contribution in [0.3, 0.4) is 0 Å². The Labute approximate surface area is 100 Å². The molecule has 1 heterocycles. The van der Waals surface area contributed by atoms with E-state index in [1.54, 1.807) is 0 Å². The van der Waals surface area contributed by atoms with Crippen molar-refractivity contribution in [3.63, 3.8) is 0 Å². The molecule has 0 saturated heterocycles. The molecule has 2 nitrogen and oxygen atoms in total. The molecule has 0 saturated carbocycles. The van der Waals surface area contributed by atoms with E-state index in [-0.39, 0.29) is 5.54 Å². The molecule has 0 bridgehead atoms. The second-order valence-corrected chi connectivity index (χ2v) is 5.44. The predicted molar refractivity (Wildman–Crippen MR) is 70.7 cm³/mol. The third-order valence-electron chi connectivity index (χ3n) is 3.51. The van der Waals surface area contributed by atoms with Crippen LogP contribution in [0.15, 0.2) is 6.07 Å². The van der Waals surface area contributed by atoms with Crippen molar-refractivity contribution in [2.45, 2.75) is 59.5 Å². The van der Waals surface area contributed by atoms with Gasteiger partial charge in [0.2, 0.25) is 0 Å². The van der Waals surface area contributed by atoms with Crippen molar-refractivity contribution < 1.29 is 0 Å². The lowest BCUT2D eigenvalue weighted by molar-refractivity contribution is 0.356. The molecule has 2 heteroatoms. The molecule has 92 valence electrons. The molecule has 0 aromatic carbocycles. The summed E-state index contributed by atoms with van der Waals surface area (Å²) in [5.74, 6) is 0. The normalized spacial score (nSPS) is 12.1. The summed E-state index contributed by atoms with van der Waals surface area (Å²) in [5.41, 5.74) is 4.37. The van der Waals surface area contributed by atoms with E-state index in [1.165, 1.54) is 29.8 Å². The molecule has 0 fully saturated rings. The molecular weight excluding hydrogens is 196 g/mol. The Hall–Kier alpha value is -0.760. The standard InChI is InChI=1S/C14H26N2/c1-7-8-14(4,5)15-10-13-9-11(2)16(6)12(13)3/h9,15H,7-8,10H2,1-6H3. The molecule has 1 aromatic heterocycles. The van der Waals surface area contributed by atoms with Crippen LogP contribution in [0.4, 0.5) is 0 Å². The Bertz CT molecular complexity index is 348. The Morgan fingerprint density at radius 1 is 1.31 bits per heavy atom. The highest BCUT2D eigenvalue weighted by Gasteiger charge is 2.16. The minimum atomic E-state index is 0.241. The number of hydrogen-bond acceptors (Lipinski definition) is 1. The van der Waals surface area contributed by atoms with Gasteiger partial charge < -0.3 is 9.88 Å². The molecule has 0 spiro atoms. The molecule has 0 atom stereocenters. The van der Waals surface area contributed by atoms with Crippen LogP contribution in [0.5, 0.6) is 0 Å². The van der Waals surface area contributed by atoms with E-state index < -0.39 is 0 Å². The third-order valence-corrected chi connectivity index (χ3v) is 3.51. The van der Waals surface area contributed by atoms with E-state index in [2.05, 4.69) is 57.6 Å². The van der Waals surface area contributed by atoms with Crippen LogP contribution >= 0.6 is 0 Å². The fourth-order valence-electron chi connectivity index (χ4n) is 2.16. The van der Waals surface area contributed by atoms with Crippen LogP contribution in [0.1, 0.15) is 50.6 Å². The van der Waals surface area contributed by atoms with Crippen molar-refractivity contribution in [1.82, 2.24) is 9.88 Å². The summed E-state index contributed by atoms with van der Waals surface area (Å²) < 4.78 is 2.25. The minimum absolute atomic E-state index is 0.241. The van der Waals surface area contributed by atoms with Crippen molar-refractivity contribution >= 4 is 0 Å². The lowest BCUT2D eigenvalue weighted by Crippen LogP contribution is -2.38. The topological polar surface area (TPSA) is 17.0 Å². The van der Waals surface area contributed by atoms with Crippen LogP contribution < -0.4 is 5.32 Å². The number of nitrogens with zero attached hydrogens (tertiary/aromatic N) is 1. The molecule has 1 N–H and O–H groups in total. The average molecular weight is 222 g/mol. The van der Waals surface area contributed by atoms with Gasteiger partial charge in [-0.1, -0.05) is 13.3 Å². The molecule has 0 radical (unpaired) electrons. The minimum Gasteiger partial charge on any atom is -0.352 e. The van der Waals surface area contributed by atoms with E-state index in [0.717, 1.165) is 6.54 Å². The second-order valence-electron chi connectivity index (χ2n) is 5.44. The van der Waals surface area contributed by atoms with Gasteiger partial charge in [0.1, 0.15) is 0 Å². The molecule has 0 aliphatic carbocycles. The smallest absolute Gasteiger partial charge is 0.0228 e. The molecule has 0 aliphatic rings. The fourth-order valence-corrected chi connectivity index (χ4v) is 2.16. The number of hydrogen-bond donors (Lipinski definition) is 1. The van der Waals surface area contributed by atoms with Crippen molar-refractivity contribution in [3.05, 3.63) is 23.0 Å². The van der Waals surface area contributed by atoms with E-state index >= 15 is 0 Å². The van der Waals surface area contributed by atoms with Gasteiger partial charge in [0.05, 0.1) is 0 Å². The van der Waals surface area contributed by atoms with Crippen LogP contribution in [0, 0.1) is 13.8 Å². The van der Waals surface area contributed by atoms with Crippen molar-refractivity contribution in [3.8, 4) is 0 Å². The van der Waals surface area contributed by atoms with E-state index in [1.807, 2.05) is 0 Å². The third kappa shape index (κ3) is 3.11. The highest BCUT2D eigenvalue weighted by molar-refractivity contribution is 5.26. The molecular formula is C14H26N2. The maximum atomic E-state index is 3.64. The zero-order valence-corrected chi connectivity index (χ0v) is 11.6. The highest BCUT2D eigenvalue weighted by Crippen LogP contribution is 2.16. The van der Waals surface area contributed by atoms with Crippen LogP contribution in [-0.4, -0.2) is 10.1 Å². The number of nitrogens with one attached hydrogen (secondary N) is 1. The highest BCUT2D eigenvalue weighted by atomic mass is 15.0. The van der Waals surface area contributed by atoms with Gasteiger partial charge >= 0.3 is 0 Å². The lowest BCUT2D eigenvalue weighted by Gasteiger charge is -2.26. The quantitative estimate of drug-likeness (QED) is 0.809. The Balaban J connectivity index is 2.64. The second kappa shape index (κ2) is 5.05. The molecule has 16 heavy (non-hydrogen) atoms. The van der Waals surface area contributed by atoms with Crippen LogP contribution in [0.2, 0.25) is 0 Å². The molecule has 0 amide bonds. The fraction of sp³-hybridized carbons (Fsp3) is 0.714. The van der Waals surface area contributed by atoms with Gasteiger partial charge in [-0.05, 0) is 45.7 Å². The molecule has 1 aromatic rings. The largest absolute Gasteiger partial charge is 0.352 e. The molecule has 0 unspecified atom stereocenters. The van der Waals surface area contributed by atoms with Gasteiger partial charge in [0.15, 0.2) is 0 Å². The first kappa shape index (κ1) is 13.3. The molecule has 0 aliphatic heterocycles. The number of aromatic nitrogens is 1. The van der Waals surface area contributed by atoms with Crippen LogP contribution in [-0.2, 0) is 13.6 Å². The summed E-state index contributed by atoms with van der Waals surface area (Å²) in [6.45, 7) is 12.1. The van der Waals surface area contributed by atoms with Gasteiger partial charge in [-0.3, -0.25) is 0 Å². The van der Waals surface area contributed by atoms with Crippen molar-refractivity contribution in [2.75, 3.05) is 0 Å². The monoisotopic (exact) mass is 222 g/mol. The first-order valence-electron chi connectivity index (χ1n) is 6.24. The van der Waals surface area contributed by atoms with Gasteiger partial charge in [0, 0.05) is 30.5 Å².